The van der Waals surface area contributed by atoms with Crippen LogP contribution >= 0.6 is 11.8 Å². The lowest BCUT2D eigenvalue weighted by molar-refractivity contribution is -0.122. The number of ether oxygens (including phenoxy) is 4. The molecule has 4 heterocycles. The predicted octanol–water partition coefficient (Wildman–Crippen LogP) is 17.3. The number of carbonyl (C=O) groups excluding carboxylic acids is 4. The fraction of sp³-hybridized carbons (Fsp3) is 0.368. The molecule has 8 aromatic rings. The van der Waals surface area contributed by atoms with E-state index in [-0.39, 0.29) is 58.9 Å². The van der Waals surface area contributed by atoms with E-state index in [0.29, 0.717) is 57.7 Å². The zero-order valence-electron chi connectivity index (χ0n) is 49.8. The first-order chi connectivity index (χ1) is 41.3. The Balaban J connectivity index is 0.000000249. The van der Waals surface area contributed by atoms with Crippen molar-refractivity contribution < 1.29 is 38.1 Å². The number of rotatable bonds is 28. The second-order valence-electron chi connectivity index (χ2n) is 20.8. The molecule has 3 N–H and O–H groups in total. The normalized spacial score (nSPS) is 11.6. The Morgan fingerprint density at radius 1 is 0.682 bits per heavy atom. The SMILES string of the molecule is [C-]#[N+]c1c(C(=O)OCC(CCCCCC)CCCCCCCC)c2[nH]c(C(=O)OCC)c(-c3ccccc3)n2c1Sc1ccccc1.[C-]#[N+]c1cn2c(-c3ccc(NC(=O)C(CC)Oc4ccc(C)cc4C)cc3)c(C#N)[nH]c2c1C(=O)OCC. The molecule has 0 radical (unpaired) electrons. The highest BCUT2D eigenvalue weighted by molar-refractivity contribution is 7.99. The maximum atomic E-state index is 14.1. The number of carbonyl (C=O) groups is 4. The van der Waals surface area contributed by atoms with Crippen molar-refractivity contribution in [2.24, 2.45) is 5.92 Å². The molecule has 8 rings (SSSR count). The third-order valence-electron chi connectivity index (χ3n) is 14.6. The molecular weight excluding hydrogens is 1090 g/mol. The van der Waals surface area contributed by atoms with Crippen molar-refractivity contribution in [1.29, 1.82) is 5.26 Å². The molecule has 1 amide bonds. The Morgan fingerprint density at radius 2 is 1.29 bits per heavy atom. The van der Waals surface area contributed by atoms with E-state index in [0.717, 1.165) is 47.3 Å². The second kappa shape index (κ2) is 31.6. The summed E-state index contributed by atoms with van der Waals surface area (Å²) in [6.07, 6.45) is 15.4. The van der Waals surface area contributed by atoms with Crippen molar-refractivity contribution in [2.75, 3.05) is 25.1 Å². The number of esters is 3. The standard InChI is InChI=1S/C39H49N3O4S.C29H27N5O4/c1-5-8-10-12-13-17-23-29(22-16-11-9-6-2)28-46-38(43)32-33(40-4)37(47-31-26-20-15-21-27-31)42-35(30-24-18-14-19-25-30)34(41-36(32)42)39(44)45-7-3;1-6-23(38-24-13-8-17(3)14-18(24)4)28(35)32-20-11-9-19(10-12-20)26-21(15-30)33-27-25(29(36)37-7-2)22(31-5)16-34(26)27/h14-15,18-21,24-27,29,41H,5-13,16-17,22-23,28H2,1-3H3;8-14,16,23,33H,6-7H2,1-4H3,(H,32,35). The fourth-order valence-corrected chi connectivity index (χ4v) is 11.3. The first kappa shape index (κ1) is 63.6. The van der Waals surface area contributed by atoms with E-state index in [1.165, 1.54) is 69.3 Å². The number of fused-ring (bicyclic) bond motifs is 2. The summed E-state index contributed by atoms with van der Waals surface area (Å²) in [7, 11) is 0. The van der Waals surface area contributed by atoms with Crippen LogP contribution in [0.5, 0.6) is 5.75 Å². The molecule has 2 unspecified atom stereocenters. The number of nitrogens with zero attached hydrogens (tertiary/aromatic N) is 5. The summed E-state index contributed by atoms with van der Waals surface area (Å²) in [4.78, 5) is 67.2. The van der Waals surface area contributed by atoms with Crippen LogP contribution in [0.1, 0.15) is 166 Å². The van der Waals surface area contributed by atoms with Crippen molar-refractivity contribution in [3.05, 3.63) is 166 Å². The highest BCUT2D eigenvalue weighted by atomic mass is 32.2. The molecule has 85 heavy (non-hydrogen) atoms. The number of nitriles is 1. The average molecular weight is 1170 g/mol. The van der Waals surface area contributed by atoms with Gasteiger partial charge in [-0.25, -0.2) is 24.1 Å². The van der Waals surface area contributed by atoms with Crippen LogP contribution in [0.15, 0.2) is 119 Å². The number of imidazole rings is 2. The van der Waals surface area contributed by atoms with Crippen LogP contribution < -0.4 is 10.1 Å². The van der Waals surface area contributed by atoms with Gasteiger partial charge in [-0.3, -0.25) is 9.20 Å². The highest BCUT2D eigenvalue weighted by Crippen LogP contribution is 2.45. The fourth-order valence-electron chi connectivity index (χ4n) is 10.3. The van der Waals surface area contributed by atoms with Crippen molar-refractivity contribution in [2.45, 2.75) is 148 Å². The number of benzene rings is 4. The second-order valence-corrected chi connectivity index (χ2v) is 21.9. The Hall–Kier alpha value is -8.98. The molecule has 0 aliphatic rings. The molecule has 4 aromatic heterocycles. The van der Waals surface area contributed by atoms with Crippen molar-refractivity contribution in [1.82, 2.24) is 18.8 Å². The van der Waals surface area contributed by atoms with Crippen LogP contribution in [0.25, 0.3) is 43.5 Å². The average Bonchev–Trinajstić information content (AvgIpc) is 1.89. The maximum Gasteiger partial charge on any atom is 0.357 e. The molecule has 442 valence electrons. The Morgan fingerprint density at radius 3 is 1.91 bits per heavy atom. The molecule has 0 aliphatic heterocycles. The molecule has 4 aromatic carbocycles. The van der Waals surface area contributed by atoms with E-state index in [9.17, 15) is 24.4 Å². The Bertz CT molecular complexity index is 3690. The first-order valence-corrected chi connectivity index (χ1v) is 30.3. The van der Waals surface area contributed by atoms with Gasteiger partial charge in [0, 0.05) is 27.9 Å². The summed E-state index contributed by atoms with van der Waals surface area (Å²) in [6, 6.07) is 34.1. The number of hydrogen-bond acceptors (Lipinski definition) is 10. The summed E-state index contributed by atoms with van der Waals surface area (Å²) in [5, 5.41) is 13.2. The molecule has 0 spiro atoms. The van der Waals surface area contributed by atoms with Gasteiger partial charge in [-0.1, -0.05) is 175 Å². The van der Waals surface area contributed by atoms with Crippen molar-refractivity contribution in [3.8, 4) is 34.3 Å². The van der Waals surface area contributed by atoms with Gasteiger partial charge in [0.25, 0.3) is 5.91 Å². The number of aryl methyl sites for hydroxylation is 2. The monoisotopic (exact) mass is 1160 g/mol. The first-order valence-electron chi connectivity index (χ1n) is 29.5. The summed E-state index contributed by atoms with van der Waals surface area (Å²) >= 11 is 1.38. The van der Waals surface area contributed by atoms with Crippen LogP contribution in [0.3, 0.4) is 0 Å². The minimum Gasteiger partial charge on any atom is -0.480 e. The largest absolute Gasteiger partial charge is 0.480 e. The summed E-state index contributed by atoms with van der Waals surface area (Å²) in [5.41, 5.74) is 6.78. The number of amides is 1. The number of anilines is 1. The van der Waals surface area contributed by atoms with Crippen LogP contribution in [-0.2, 0) is 19.0 Å². The zero-order valence-corrected chi connectivity index (χ0v) is 50.6. The summed E-state index contributed by atoms with van der Waals surface area (Å²) < 4.78 is 26.0. The van der Waals surface area contributed by atoms with Crippen LogP contribution in [0, 0.1) is 44.2 Å². The van der Waals surface area contributed by atoms with E-state index in [1.807, 2.05) is 104 Å². The topological polar surface area (TPSA) is 190 Å². The minimum absolute atomic E-state index is 0.0860. The Labute approximate surface area is 502 Å². The van der Waals surface area contributed by atoms with E-state index in [4.69, 9.17) is 32.1 Å². The van der Waals surface area contributed by atoms with Crippen molar-refractivity contribution >= 4 is 63.9 Å². The molecule has 16 nitrogen and oxygen atoms in total. The van der Waals surface area contributed by atoms with Gasteiger partial charge < -0.3 is 38.6 Å². The van der Waals surface area contributed by atoms with Gasteiger partial charge in [-0.2, -0.15) is 5.26 Å². The van der Waals surface area contributed by atoms with Gasteiger partial charge in [-0.15, -0.1) is 0 Å². The number of nitrogens with one attached hydrogen (secondary N) is 3. The van der Waals surface area contributed by atoms with Crippen LogP contribution in [-0.4, -0.2) is 68.5 Å². The predicted molar refractivity (Wildman–Crippen MR) is 334 cm³/mol. The van der Waals surface area contributed by atoms with Gasteiger partial charge >= 0.3 is 17.9 Å². The van der Waals surface area contributed by atoms with E-state index >= 15 is 0 Å². The van der Waals surface area contributed by atoms with Gasteiger partial charge in [-0.05, 0) is 88.8 Å². The molecule has 0 fully saturated rings. The summed E-state index contributed by atoms with van der Waals surface area (Å²) in [6.45, 7) is 30.1. The lowest BCUT2D eigenvalue weighted by Gasteiger charge is -2.19. The van der Waals surface area contributed by atoms with Crippen LogP contribution in [0.4, 0.5) is 17.1 Å². The lowest BCUT2D eigenvalue weighted by Crippen LogP contribution is -2.32. The summed E-state index contributed by atoms with van der Waals surface area (Å²) in [5.74, 6) is -1.04. The zero-order chi connectivity index (χ0) is 60.8. The molecule has 2 atom stereocenters. The lowest BCUT2D eigenvalue weighted by atomic mass is 9.95. The number of H-pyrrole nitrogens is 2. The number of unbranched alkanes of at least 4 members (excludes halogenated alkanes) is 8. The minimum atomic E-state index is -0.668. The molecule has 0 saturated heterocycles. The van der Waals surface area contributed by atoms with Crippen molar-refractivity contribution in [3.63, 3.8) is 0 Å². The van der Waals surface area contributed by atoms with Gasteiger partial charge in [0.15, 0.2) is 11.8 Å². The number of hydrogen-bond donors (Lipinski definition) is 3. The van der Waals surface area contributed by atoms with Crippen LogP contribution in [0.2, 0.25) is 0 Å². The molecule has 0 aliphatic carbocycles. The molecule has 0 saturated carbocycles. The number of aromatic amines is 2. The Kier molecular flexibility index (Phi) is 23.7. The third-order valence-corrected chi connectivity index (χ3v) is 15.7. The highest BCUT2D eigenvalue weighted by Gasteiger charge is 2.33. The molecule has 0 bridgehead atoms. The third kappa shape index (κ3) is 15.8. The van der Waals surface area contributed by atoms with E-state index in [2.05, 4.69) is 44.9 Å². The smallest absolute Gasteiger partial charge is 0.357 e. The molecule has 17 heteroatoms. The quantitative estimate of drug-likeness (QED) is 0.0184. The van der Waals surface area contributed by atoms with E-state index < -0.39 is 24.0 Å². The van der Waals surface area contributed by atoms with E-state index in [1.54, 1.807) is 42.5 Å². The number of aromatic nitrogens is 4. The van der Waals surface area contributed by atoms with Gasteiger partial charge in [0.1, 0.15) is 39.9 Å². The maximum absolute atomic E-state index is 14.1. The van der Waals surface area contributed by atoms with Gasteiger partial charge in [0.2, 0.25) is 11.4 Å². The van der Waals surface area contributed by atoms with Gasteiger partial charge in [0.05, 0.1) is 49.4 Å². The molecular formula is C68H76N8O8S.